The number of amides is 1. The van der Waals surface area contributed by atoms with Crippen molar-refractivity contribution in [2.45, 2.75) is 6.04 Å². The van der Waals surface area contributed by atoms with E-state index in [2.05, 4.69) is 16.5 Å². The van der Waals surface area contributed by atoms with E-state index in [-0.39, 0.29) is 11.9 Å². The van der Waals surface area contributed by atoms with Crippen molar-refractivity contribution in [1.29, 1.82) is 5.26 Å². The fraction of sp³-hybridized carbons (Fsp3) is 0.500. The van der Waals surface area contributed by atoms with Gasteiger partial charge in [-0.3, -0.25) is 9.48 Å². The van der Waals surface area contributed by atoms with Gasteiger partial charge in [-0.1, -0.05) is 0 Å². The highest BCUT2D eigenvalue weighted by Gasteiger charge is 2.27. The number of hydrogen-bond donors (Lipinski definition) is 1. The maximum Gasteiger partial charge on any atom is 0.258 e. The van der Waals surface area contributed by atoms with Gasteiger partial charge in [-0.2, -0.15) is 10.4 Å². The zero-order chi connectivity index (χ0) is 11.5. The highest BCUT2D eigenvalue weighted by molar-refractivity contribution is 5.94. The molecule has 1 amide bonds. The predicted molar refractivity (Wildman–Crippen MR) is 56.5 cm³/mol. The zero-order valence-electron chi connectivity index (χ0n) is 9.05. The molecular weight excluding hydrogens is 206 g/mol. The van der Waals surface area contributed by atoms with E-state index in [1.807, 2.05) is 0 Å². The van der Waals surface area contributed by atoms with Crippen LogP contribution in [0.2, 0.25) is 0 Å². The standard InChI is InChI=1S/C10H13N5O/c1-14-7-8(5-13-14)10(16)15-3-2-12-6-9(15)4-11/h5,7,9,12H,2-3,6H2,1H3. The van der Waals surface area contributed by atoms with E-state index >= 15 is 0 Å². The molecule has 1 aromatic rings. The van der Waals surface area contributed by atoms with Crippen LogP contribution < -0.4 is 5.32 Å². The summed E-state index contributed by atoms with van der Waals surface area (Å²) in [4.78, 5) is 13.7. The zero-order valence-corrected chi connectivity index (χ0v) is 9.05. The van der Waals surface area contributed by atoms with Gasteiger partial charge in [0, 0.05) is 32.9 Å². The highest BCUT2D eigenvalue weighted by atomic mass is 16.2. The van der Waals surface area contributed by atoms with E-state index in [9.17, 15) is 4.79 Å². The summed E-state index contributed by atoms with van der Waals surface area (Å²) in [6, 6.07) is 1.74. The third-order valence-corrected chi connectivity index (χ3v) is 2.61. The van der Waals surface area contributed by atoms with E-state index < -0.39 is 0 Å². The second kappa shape index (κ2) is 4.33. The molecule has 1 aliphatic rings. The number of aromatic nitrogens is 2. The molecule has 0 saturated carbocycles. The third-order valence-electron chi connectivity index (χ3n) is 2.61. The van der Waals surface area contributed by atoms with Gasteiger partial charge >= 0.3 is 0 Å². The van der Waals surface area contributed by atoms with Crippen LogP contribution in [0.3, 0.4) is 0 Å². The average Bonchev–Trinajstić information content (AvgIpc) is 2.75. The Balaban J connectivity index is 2.17. The molecule has 6 nitrogen and oxygen atoms in total. The first-order valence-corrected chi connectivity index (χ1v) is 5.12. The van der Waals surface area contributed by atoms with Crippen LogP contribution in [0.5, 0.6) is 0 Å². The van der Waals surface area contributed by atoms with Gasteiger partial charge in [-0.25, -0.2) is 0 Å². The molecule has 1 N–H and O–H groups in total. The van der Waals surface area contributed by atoms with Gasteiger partial charge in [0.25, 0.3) is 5.91 Å². The number of piperazine rings is 1. The molecule has 2 rings (SSSR count). The summed E-state index contributed by atoms with van der Waals surface area (Å²) in [5.41, 5.74) is 0.532. The van der Waals surface area contributed by atoms with E-state index in [0.29, 0.717) is 18.7 Å². The number of hydrogen-bond acceptors (Lipinski definition) is 4. The van der Waals surface area contributed by atoms with Gasteiger partial charge in [0.05, 0.1) is 17.8 Å². The molecule has 1 unspecified atom stereocenters. The molecule has 16 heavy (non-hydrogen) atoms. The second-order valence-electron chi connectivity index (χ2n) is 3.75. The molecule has 0 bridgehead atoms. The van der Waals surface area contributed by atoms with Crippen LogP contribution in [0.1, 0.15) is 10.4 Å². The van der Waals surface area contributed by atoms with Crippen molar-refractivity contribution in [2.75, 3.05) is 19.6 Å². The maximum absolute atomic E-state index is 12.1. The molecule has 1 saturated heterocycles. The van der Waals surface area contributed by atoms with Crippen LogP contribution in [0.25, 0.3) is 0 Å². The number of nitrogens with zero attached hydrogens (tertiary/aromatic N) is 4. The van der Waals surface area contributed by atoms with Crippen molar-refractivity contribution in [1.82, 2.24) is 20.0 Å². The Morgan fingerprint density at radius 2 is 2.56 bits per heavy atom. The normalized spacial score (nSPS) is 20.5. The summed E-state index contributed by atoms with van der Waals surface area (Å²) >= 11 is 0. The lowest BCUT2D eigenvalue weighted by molar-refractivity contribution is 0.0687. The lowest BCUT2D eigenvalue weighted by atomic mass is 10.2. The molecule has 6 heteroatoms. The van der Waals surface area contributed by atoms with Gasteiger partial charge in [0.2, 0.25) is 0 Å². The largest absolute Gasteiger partial charge is 0.320 e. The van der Waals surface area contributed by atoms with E-state index in [0.717, 1.165) is 6.54 Å². The molecule has 1 atom stereocenters. The Kier molecular flexibility index (Phi) is 2.88. The lowest BCUT2D eigenvalue weighted by Crippen LogP contribution is -2.52. The van der Waals surface area contributed by atoms with Crippen LogP contribution in [0.15, 0.2) is 12.4 Å². The van der Waals surface area contributed by atoms with E-state index in [1.54, 1.807) is 22.8 Å². The monoisotopic (exact) mass is 219 g/mol. The number of nitriles is 1. The van der Waals surface area contributed by atoms with Crippen molar-refractivity contribution in [3.05, 3.63) is 18.0 Å². The van der Waals surface area contributed by atoms with Crippen LogP contribution in [0.4, 0.5) is 0 Å². The average molecular weight is 219 g/mol. The first-order chi connectivity index (χ1) is 7.72. The highest BCUT2D eigenvalue weighted by Crippen LogP contribution is 2.09. The minimum absolute atomic E-state index is 0.124. The lowest BCUT2D eigenvalue weighted by Gasteiger charge is -2.31. The van der Waals surface area contributed by atoms with Crippen molar-refractivity contribution >= 4 is 5.91 Å². The van der Waals surface area contributed by atoms with Crippen molar-refractivity contribution < 1.29 is 4.79 Å². The van der Waals surface area contributed by atoms with Gasteiger partial charge in [-0.15, -0.1) is 0 Å². The molecular formula is C10H13N5O. The molecule has 84 valence electrons. The fourth-order valence-corrected chi connectivity index (χ4v) is 1.76. The number of nitrogens with one attached hydrogen (secondary N) is 1. The van der Waals surface area contributed by atoms with Crippen molar-refractivity contribution in [2.24, 2.45) is 7.05 Å². The first-order valence-electron chi connectivity index (χ1n) is 5.12. The van der Waals surface area contributed by atoms with Crippen molar-refractivity contribution in [3.8, 4) is 6.07 Å². The molecule has 0 spiro atoms. The molecule has 1 aromatic heterocycles. The van der Waals surface area contributed by atoms with Gasteiger partial charge < -0.3 is 10.2 Å². The Labute approximate surface area is 93.5 Å². The number of rotatable bonds is 1. The third kappa shape index (κ3) is 1.90. The summed E-state index contributed by atoms with van der Waals surface area (Å²) in [6.07, 6.45) is 3.19. The predicted octanol–water partition coefficient (Wildman–Crippen LogP) is -0.642. The summed E-state index contributed by atoms with van der Waals surface area (Å²) < 4.78 is 1.58. The molecule has 1 fully saturated rings. The Bertz CT molecular complexity index is 433. The first kappa shape index (κ1) is 10.6. The van der Waals surface area contributed by atoms with E-state index in [4.69, 9.17) is 5.26 Å². The molecule has 1 aliphatic heterocycles. The Morgan fingerprint density at radius 1 is 1.75 bits per heavy atom. The smallest absolute Gasteiger partial charge is 0.258 e. The van der Waals surface area contributed by atoms with Crippen LogP contribution >= 0.6 is 0 Å². The number of carbonyl (C=O) groups is 1. The van der Waals surface area contributed by atoms with E-state index in [1.165, 1.54) is 6.20 Å². The number of aryl methyl sites for hydroxylation is 1. The van der Waals surface area contributed by atoms with Gasteiger partial charge in [0.15, 0.2) is 0 Å². The second-order valence-corrected chi connectivity index (χ2v) is 3.75. The van der Waals surface area contributed by atoms with Gasteiger partial charge in [0.1, 0.15) is 6.04 Å². The summed E-state index contributed by atoms with van der Waals surface area (Å²) in [5.74, 6) is -0.124. The Hall–Kier alpha value is -1.87. The van der Waals surface area contributed by atoms with Crippen LogP contribution in [0, 0.1) is 11.3 Å². The number of carbonyl (C=O) groups excluding carboxylic acids is 1. The minimum Gasteiger partial charge on any atom is -0.320 e. The SMILES string of the molecule is Cn1cc(C(=O)N2CCNCC2C#N)cn1. The van der Waals surface area contributed by atoms with Crippen LogP contribution in [-0.4, -0.2) is 46.3 Å². The minimum atomic E-state index is -0.388. The summed E-state index contributed by atoms with van der Waals surface area (Å²) in [5, 5.41) is 16.0. The van der Waals surface area contributed by atoms with Crippen LogP contribution in [-0.2, 0) is 7.05 Å². The summed E-state index contributed by atoms with van der Waals surface area (Å²) in [6.45, 7) is 1.82. The fourth-order valence-electron chi connectivity index (χ4n) is 1.76. The molecule has 0 radical (unpaired) electrons. The van der Waals surface area contributed by atoms with Gasteiger partial charge in [-0.05, 0) is 0 Å². The maximum atomic E-state index is 12.1. The topological polar surface area (TPSA) is 74.0 Å². The Morgan fingerprint density at radius 3 is 3.19 bits per heavy atom. The molecule has 0 aromatic carbocycles. The summed E-state index contributed by atoms with van der Waals surface area (Å²) in [7, 11) is 1.76. The molecule has 0 aliphatic carbocycles. The molecule has 2 heterocycles. The quantitative estimate of drug-likeness (QED) is 0.681. The van der Waals surface area contributed by atoms with Crippen molar-refractivity contribution in [3.63, 3.8) is 0 Å².